The van der Waals surface area contributed by atoms with E-state index >= 15 is 0 Å². The van der Waals surface area contributed by atoms with Gasteiger partial charge in [0.05, 0.1) is 0 Å². The summed E-state index contributed by atoms with van der Waals surface area (Å²) in [6, 6.07) is 4.41. The molecule has 0 radical (unpaired) electrons. The SMILES string of the molecule is O=C1N[C@@H]2C[C@@H](S(=O)(=O)F)[C@@H]2c2c(Cl)cccc21. The number of nitrogens with one attached hydrogen (secondary N) is 1. The first kappa shape index (κ1) is 11.9. The van der Waals surface area contributed by atoms with Crippen LogP contribution in [0.2, 0.25) is 5.02 Å². The van der Waals surface area contributed by atoms with Gasteiger partial charge in [-0.15, -0.1) is 3.89 Å². The van der Waals surface area contributed by atoms with Gasteiger partial charge in [-0.05, 0) is 24.1 Å². The van der Waals surface area contributed by atoms with Gasteiger partial charge < -0.3 is 5.32 Å². The van der Waals surface area contributed by atoms with Crippen molar-refractivity contribution in [3.63, 3.8) is 0 Å². The topological polar surface area (TPSA) is 63.2 Å². The van der Waals surface area contributed by atoms with Crippen LogP contribution in [0.5, 0.6) is 0 Å². The number of amides is 1. The molecule has 1 amide bonds. The normalized spacial score (nSPS) is 29.9. The lowest BCUT2D eigenvalue weighted by Crippen LogP contribution is -2.59. The van der Waals surface area contributed by atoms with Crippen molar-refractivity contribution >= 4 is 27.7 Å². The highest BCUT2D eigenvalue weighted by Gasteiger charge is 2.54. The van der Waals surface area contributed by atoms with Crippen LogP contribution < -0.4 is 5.32 Å². The van der Waals surface area contributed by atoms with Crippen LogP contribution in [0.4, 0.5) is 3.89 Å². The molecule has 18 heavy (non-hydrogen) atoms. The third kappa shape index (κ3) is 1.55. The Hall–Kier alpha value is -1.14. The average molecular weight is 290 g/mol. The molecule has 1 aliphatic carbocycles. The van der Waals surface area contributed by atoms with Gasteiger partial charge in [-0.1, -0.05) is 17.7 Å². The van der Waals surface area contributed by atoms with Crippen molar-refractivity contribution in [1.82, 2.24) is 5.32 Å². The van der Waals surface area contributed by atoms with Gasteiger partial charge in [0, 0.05) is 22.5 Å². The maximum absolute atomic E-state index is 13.1. The number of halogens is 2. The Morgan fingerprint density at radius 2 is 2.11 bits per heavy atom. The van der Waals surface area contributed by atoms with Crippen LogP contribution in [0.15, 0.2) is 18.2 Å². The number of carbonyl (C=O) groups is 1. The summed E-state index contributed by atoms with van der Waals surface area (Å²) in [7, 11) is -4.62. The van der Waals surface area contributed by atoms with Crippen molar-refractivity contribution in [3.05, 3.63) is 34.3 Å². The van der Waals surface area contributed by atoms with E-state index < -0.39 is 21.4 Å². The van der Waals surface area contributed by atoms with Gasteiger partial charge in [-0.25, -0.2) is 0 Å². The molecule has 96 valence electrons. The Kier molecular flexibility index (Phi) is 2.44. The number of rotatable bonds is 1. The van der Waals surface area contributed by atoms with E-state index in [4.69, 9.17) is 11.6 Å². The molecule has 7 heteroatoms. The van der Waals surface area contributed by atoms with Crippen molar-refractivity contribution in [3.8, 4) is 0 Å². The summed E-state index contributed by atoms with van der Waals surface area (Å²) in [5, 5.41) is 1.87. The maximum Gasteiger partial charge on any atom is 0.306 e. The molecular formula is C11H9ClFNO3S. The van der Waals surface area contributed by atoms with Crippen molar-refractivity contribution in [2.24, 2.45) is 0 Å². The minimum absolute atomic E-state index is 0.0971. The molecule has 1 aliphatic heterocycles. The lowest BCUT2D eigenvalue weighted by Gasteiger charge is -2.46. The van der Waals surface area contributed by atoms with Crippen molar-refractivity contribution in [2.45, 2.75) is 23.6 Å². The van der Waals surface area contributed by atoms with E-state index in [1.54, 1.807) is 18.2 Å². The molecule has 4 nitrogen and oxygen atoms in total. The summed E-state index contributed by atoms with van der Waals surface area (Å²) in [6.07, 6.45) is 0.0971. The highest BCUT2D eigenvalue weighted by atomic mass is 35.5. The summed E-state index contributed by atoms with van der Waals surface area (Å²) in [4.78, 5) is 11.8. The monoisotopic (exact) mass is 289 g/mol. The molecular weight excluding hydrogens is 281 g/mol. The molecule has 3 atom stereocenters. The van der Waals surface area contributed by atoms with E-state index in [1.807, 2.05) is 0 Å². The minimum Gasteiger partial charge on any atom is -0.349 e. The van der Waals surface area contributed by atoms with Crippen LogP contribution in [-0.2, 0) is 10.2 Å². The third-order valence-electron chi connectivity index (χ3n) is 3.63. The Labute approximate surface area is 108 Å². The van der Waals surface area contributed by atoms with E-state index in [0.717, 1.165) is 0 Å². The quantitative estimate of drug-likeness (QED) is 0.799. The molecule has 0 bridgehead atoms. The van der Waals surface area contributed by atoms with Gasteiger partial charge in [0.15, 0.2) is 0 Å². The predicted molar refractivity (Wildman–Crippen MR) is 63.9 cm³/mol. The van der Waals surface area contributed by atoms with Crippen molar-refractivity contribution < 1.29 is 17.1 Å². The van der Waals surface area contributed by atoms with Crippen LogP contribution in [0.1, 0.15) is 28.3 Å². The molecule has 1 N–H and O–H groups in total. The molecule has 2 aliphatic rings. The van der Waals surface area contributed by atoms with E-state index in [1.165, 1.54) is 0 Å². The summed E-state index contributed by atoms with van der Waals surface area (Å²) >= 11 is 6.02. The van der Waals surface area contributed by atoms with Gasteiger partial charge in [-0.2, -0.15) is 8.42 Å². The molecule has 0 unspecified atom stereocenters. The molecule has 0 saturated heterocycles. The largest absolute Gasteiger partial charge is 0.349 e. The van der Waals surface area contributed by atoms with Gasteiger partial charge in [0.25, 0.3) is 5.91 Å². The Balaban J connectivity index is 2.15. The van der Waals surface area contributed by atoms with Crippen LogP contribution in [0, 0.1) is 0 Å². The van der Waals surface area contributed by atoms with Crippen LogP contribution in [-0.4, -0.2) is 25.6 Å². The van der Waals surface area contributed by atoms with Crippen LogP contribution in [0.3, 0.4) is 0 Å². The summed E-state index contributed by atoms with van der Waals surface area (Å²) in [5.41, 5.74) is 0.780. The molecule has 1 aromatic rings. The third-order valence-corrected chi connectivity index (χ3v) is 5.17. The number of hydrogen-bond donors (Lipinski definition) is 1. The summed E-state index contributed by atoms with van der Waals surface area (Å²) < 4.78 is 35.2. The average Bonchev–Trinajstić information content (AvgIpc) is 2.22. The van der Waals surface area contributed by atoms with Gasteiger partial charge >= 0.3 is 10.2 Å². The minimum atomic E-state index is -4.62. The first-order chi connectivity index (χ1) is 8.39. The summed E-state index contributed by atoms with van der Waals surface area (Å²) in [6.45, 7) is 0. The Morgan fingerprint density at radius 3 is 2.78 bits per heavy atom. The zero-order valence-electron chi connectivity index (χ0n) is 9.06. The van der Waals surface area contributed by atoms with Gasteiger partial charge in [-0.3, -0.25) is 4.79 Å². The van der Waals surface area contributed by atoms with Crippen molar-refractivity contribution in [2.75, 3.05) is 0 Å². The molecule has 1 heterocycles. The molecule has 0 spiro atoms. The van der Waals surface area contributed by atoms with Crippen molar-refractivity contribution in [1.29, 1.82) is 0 Å². The first-order valence-electron chi connectivity index (χ1n) is 5.42. The molecule has 1 aromatic carbocycles. The molecule has 1 fully saturated rings. The van der Waals surface area contributed by atoms with E-state index in [2.05, 4.69) is 5.32 Å². The highest BCUT2D eigenvalue weighted by Crippen LogP contribution is 2.48. The molecule has 3 rings (SSSR count). The number of hydrogen-bond acceptors (Lipinski definition) is 3. The number of carbonyl (C=O) groups excluding carboxylic acids is 1. The second kappa shape index (κ2) is 3.68. The Bertz CT molecular complexity index is 646. The first-order valence-corrected chi connectivity index (χ1v) is 7.25. The number of benzene rings is 1. The highest BCUT2D eigenvalue weighted by molar-refractivity contribution is 7.87. The molecule has 0 aromatic heterocycles. The maximum atomic E-state index is 13.1. The second-order valence-electron chi connectivity index (χ2n) is 4.56. The van der Waals surface area contributed by atoms with E-state index in [9.17, 15) is 17.1 Å². The lowest BCUT2D eigenvalue weighted by molar-refractivity contribution is 0.0879. The summed E-state index contributed by atoms with van der Waals surface area (Å²) in [5.74, 6) is -0.871. The fraction of sp³-hybridized carbons (Fsp3) is 0.364. The zero-order chi connectivity index (χ0) is 13.1. The van der Waals surface area contributed by atoms with Crippen LogP contribution in [0.25, 0.3) is 0 Å². The molecule has 1 saturated carbocycles. The van der Waals surface area contributed by atoms with Gasteiger partial charge in [0.1, 0.15) is 5.25 Å². The second-order valence-corrected chi connectivity index (χ2v) is 6.52. The zero-order valence-corrected chi connectivity index (χ0v) is 10.6. The lowest BCUT2D eigenvalue weighted by atomic mass is 9.70. The van der Waals surface area contributed by atoms with Gasteiger partial charge in [0.2, 0.25) is 0 Å². The Morgan fingerprint density at radius 1 is 1.39 bits per heavy atom. The number of fused-ring (bicyclic) bond motifs is 3. The fourth-order valence-electron chi connectivity index (χ4n) is 2.75. The fourth-order valence-corrected chi connectivity index (χ4v) is 4.17. The van der Waals surface area contributed by atoms with E-state index in [0.29, 0.717) is 16.1 Å². The smallest absolute Gasteiger partial charge is 0.306 e. The van der Waals surface area contributed by atoms with E-state index in [-0.39, 0.29) is 18.4 Å². The van der Waals surface area contributed by atoms with Crippen LogP contribution >= 0.6 is 11.6 Å². The standard InChI is InChI=1S/C11H9ClFNO3S/c12-6-3-1-2-5-9(6)10-7(14-11(5)15)4-8(10)18(13,16)17/h1-3,7-8,10H,4H2,(H,14,15)/t7-,8-,10-/m1/s1. The predicted octanol–water partition coefficient (Wildman–Crippen LogP) is 1.61.